The van der Waals surface area contributed by atoms with E-state index < -0.39 is 0 Å². The van der Waals surface area contributed by atoms with E-state index in [9.17, 15) is 4.79 Å². The number of nitrogens with zero attached hydrogens (tertiary/aromatic N) is 1. The highest BCUT2D eigenvalue weighted by molar-refractivity contribution is 5.86. The lowest BCUT2D eigenvalue weighted by Crippen LogP contribution is -2.45. The van der Waals surface area contributed by atoms with Crippen molar-refractivity contribution in [1.82, 2.24) is 15.2 Å². The average molecular weight is 375 g/mol. The van der Waals surface area contributed by atoms with Crippen LogP contribution < -0.4 is 5.32 Å². The van der Waals surface area contributed by atoms with Gasteiger partial charge in [-0.15, -0.1) is 0 Å². The number of carbonyl (C=O) groups excluding carboxylic acids is 1. The number of nitrogens with one attached hydrogen (secondary N) is 2. The van der Waals surface area contributed by atoms with Crippen molar-refractivity contribution in [2.75, 3.05) is 13.1 Å². The highest BCUT2D eigenvalue weighted by atomic mass is 16.5. The second-order valence-corrected chi connectivity index (χ2v) is 7.75. The first-order chi connectivity index (χ1) is 13.8. The highest BCUT2D eigenvalue weighted by Gasteiger charge is 2.34. The molecule has 0 bridgehead atoms. The van der Waals surface area contributed by atoms with E-state index in [1.54, 1.807) is 0 Å². The van der Waals surface area contributed by atoms with E-state index in [1.807, 2.05) is 29.2 Å². The van der Waals surface area contributed by atoms with Crippen LogP contribution >= 0.6 is 0 Å². The quantitative estimate of drug-likeness (QED) is 0.737. The molecule has 0 saturated carbocycles. The van der Waals surface area contributed by atoms with Gasteiger partial charge in [-0.2, -0.15) is 0 Å². The summed E-state index contributed by atoms with van der Waals surface area (Å²) in [6.45, 7) is 2.77. The second kappa shape index (κ2) is 7.41. The van der Waals surface area contributed by atoms with Crippen molar-refractivity contribution in [2.24, 2.45) is 0 Å². The van der Waals surface area contributed by atoms with Gasteiger partial charge < -0.3 is 19.9 Å². The molecular formula is C23H25N3O2. The summed E-state index contributed by atoms with van der Waals surface area (Å²) in [5, 5.41) is 4.65. The molecule has 3 heterocycles. The van der Waals surface area contributed by atoms with Crippen LogP contribution in [0.4, 0.5) is 0 Å². The first-order valence-electron chi connectivity index (χ1n) is 10.0. The lowest BCUT2D eigenvalue weighted by molar-refractivity contribution is -0.134. The van der Waals surface area contributed by atoms with Crippen LogP contribution in [0.25, 0.3) is 10.9 Å². The summed E-state index contributed by atoms with van der Waals surface area (Å²) < 4.78 is 6.01. The van der Waals surface area contributed by atoms with Crippen LogP contribution in [-0.2, 0) is 29.1 Å². The molecule has 0 radical (unpaired) electrons. The monoisotopic (exact) mass is 375 g/mol. The van der Waals surface area contributed by atoms with E-state index in [-0.39, 0.29) is 18.1 Å². The average Bonchev–Trinajstić information content (AvgIpc) is 3.36. The maximum absolute atomic E-state index is 13.0. The molecule has 1 fully saturated rings. The lowest BCUT2D eigenvalue weighted by atomic mass is 10.0. The van der Waals surface area contributed by atoms with E-state index in [1.165, 1.54) is 22.2 Å². The number of carbonyl (C=O) groups is 1. The number of para-hydroxylation sites is 1. The van der Waals surface area contributed by atoms with Crippen molar-refractivity contribution < 1.29 is 9.53 Å². The summed E-state index contributed by atoms with van der Waals surface area (Å²) in [5.74, 6) is 0.190. The fourth-order valence-electron chi connectivity index (χ4n) is 4.41. The van der Waals surface area contributed by atoms with Gasteiger partial charge >= 0.3 is 0 Å². The van der Waals surface area contributed by atoms with Crippen molar-refractivity contribution in [3.05, 3.63) is 71.4 Å². The van der Waals surface area contributed by atoms with Gasteiger partial charge in [-0.3, -0.25) is 4.79 Å². The van der Waals surface area contributed by atoms with E-state index in [2.05, 4.69) is 40.6 Å². The van der Waals surface area contributed by atoms with Gasteiger partial charge in [-0.1, -0.05) is 48.5 Å². The van der Waals surface area contributed by atoms with Crippen molar-refractivity contribution >= 4 is 16.8 Å². The van der Waals surface area contributed by atoms with Crippen LogP contribution in [0.3, 0.4) is 0 Å². The summed E-state index contributed by atoms with van der Waals surface area (Å²) in [6, 6.07) is 18.4. The van der Waals surface area contributed by atoms with Gasteiger partial charge in [0.25, 0.3) is 0 Å². The van der Waals surface area contributed by atoms with E-state index in [4.69, 9.17) is 4.74 Å². The standard InChI is InChI=1S/C23H25N3O2/c27-23(21-12-17(13-24-21)28-15-16-6-2-1-3-7-16)26-11-10-19-18-8-4-5-9-20(18)25-22(19)14-26/h1-9,17,21,24-25H,10-15H2/t17-,21+/m1/s1. The molecule has 3 aromatic rings. The molecule has 2 aliphatic heterocycles. The Morgan fingerprint density at radius 1 is 1.11 bits per heavy atom. The Labute approximate surface area is 164 Å². The third-order valence-corrected chi connectivity index (χ3v) is 5.91. The minimum absolute atomic E-state index is 0.0857. The number of H-pyrrole nitrogens is 1. The summed E-state index contributed by atoms with van der Waals surface area (Å²) in [5.41, 5.74) is 4.87. The zero-order valence-corrected chi connectivity index (χ0v) is 15.9. The molecule has 28 heavy (non-hydrogen) atoms. The van der Waals surface area contributed by atoms with Crippen LogP contribution in [0.2, 0.25) is 0 Å². The Morgan fingerprint density at radius 2 is 1.93 bits per heavy atom. The Bertz CT molecular complexity index is 982. The van der Waals surface area contributed by atoms with E-state index in [0.717, 1.165) is 31.4 Å². The third-order valence-electron chi connectivity index (χ3n) is 5.91. The molecule has 2 N–H and O–H groups in total. The zero-order chi connectivity index (χ0) is 18.9. The molecule has 0 aliphatic carbocycles. The molecule has 144 valence electrons. The van der Waals surface area contributed by atoms with Crippen molar-refractivity contribution in [3.8, 4) is 0 Å². The highest BCUT2D eigenvalue weighted by Crippen LogP contribution is 2.28. The number of amides is 1. The fourth-order valence-corrected chi connectivity index (χ4v) is 4.41. The summed E-state index contributed by atoms with van der Waals surface area (Å²) in [6.07, 6.45) is 1.73. The molecule has 5 heteroatoms. The number of hydrogen-bond donors (Lipinski definition) is 2. The predicted molar refractivity (Wildman–Crippen MR) is 109 cm³/mol. The Balaban J connectivity index is 1.20. The number of fused-ring (bicyclic) bond motifs is 3. The van der Waals surface area contributed by atoms with Gasteiger partial charge in [0.15, 0.2) is 0 Å². The molecular weight excluding hydrogens is 350 g/mol. The van der Waals surface area contributed by atoms with Gasteiger partial charge in [0.1, 0.15) is 0 Å². The van der Waals surface area contributed by atoms with Crippen LogP contribution in [0.1, 0.15) is 23.2 Å². The van der Waals surface area contributed by atoms with Gasteiger partial charge in [-0.05, 0) is 30.0 Å². The molecule has 2 atom stereocenters. The molecule has 5 rings (SSSR count). The third kappa shape index (κ3) is 3.32. The van der Waals surface area contributed by atoms with E-state index >= 15 is 0 Å². The molecule has 0 unspecified atom stereocenters. The fraction of sp³-hybridized carbons (Fsp3) is 0.348. The maximum Gasteiger partial charge on any atom is 0.240 e. The SMILES string of the molecule is O=C([C@@H]1C[C@@H](OCc2ccccc2)CN1)N1CCc2c([nH]c3ccccc23)C1. The largest absolute Gasteiger partial charge is 0.372 e. The van der Waals surface area contributed by atoms with Gasteiger partial charge in [0.2, 0.25) is 5.91 Å². The normalized spacial score (nSPS) is 21.8. The molecule has 1 amide bonds. The topological polar surface area (TPSA) is 57.4 Å². The van der Waals surface area contributed by atoms with Crippen LogP contribution in [0, 0.1) is 0 Å². The first kappa shape index (κ1) is 17.5. The molecule has 2 aromatic carbocycles. The number of aromatic nitrogens is 1. The van der Waals surface area contributed by atoms with Crippen molar-refractivity contribution in [1.29, 1.82) is 0 Å². The van der Waals surface area contributed by atoms with Crippen molar-refractivity contribution in [2.45, 2.75) is 38.1 Å². The molecule has 1 aromatic heterocycles. The molecule has 1 saturated heterocycles. The number of rotatable bonds is 4. The van der Waals surface area contributed by atoms with Crippen LogP contribution in [-0.4, -0.2) is 41.0 Å². The number of aromatic amines is 1. The minimum Gasteiger partial charge on any atom is -0.372 e. The van der Waals surface area contributed by atoms with Gasteiger partial charge in [0.05, 0.1) is 25.3 Å². The first-order valence-corrected chi connectivity index (χ1v) is 10.0. The minimum atomic E-state index is -0.147. The van der Waals surface area contributed by atoms with Crippen LogP contribution in [0.5, 0.6) is 0 Å². The van der Waals surface area contributed by atoms with Gasteiger partial charge in [-0.25, -0.2) is 0 Å². The van der Waals surface area contributed by atoms with Gasteiger partial charge in [0, 0.05) is 29.7 Å². The predicted octanol–water partition coefficient (Wildman–Crippen LogP) is 3.00. The van der Waals surface area contributed by atoms with Crippen molar-refractivity contribution in [3.63, 3.8) is 0 Å². The van der Waals surface area contributed by atoms with E-state index in [0.29, 0.717) is 13.2 Å². The summed E-state index contributed by atoms with van der Waals surface area (Å²) >= 11 is 0. The molecule has 5 nitrogen and oxygen atoms in total. The smallest absolute Gasteiger partial charge is 0.240 e. The number of hydrogen-bond acceptors (Lipinski definition) is 3. The summed E-state index contributed by atoms with van der Waals surface area (Å²) in [4.78, 5) is 18.5. The molecule has 2 aliphatic rings. The second-order valence-electron chi connectivity index (χ2n) is 7.75. The molecule has 0 spiro atoms. The Kier molecular flexibility index (Phi) is 4.63. The Hall–Kier alpha value is -2.63. The Morgan fingerprint density at radius 3 is 2.82 bits per heavy atom. The number of ether oxygens (including phenoxy) is 1. The maximum atomic E-state index is 13.0. The lowest BCUT2D eigenvalue weighted by Gasteiger charge is -2.29. The summed E-state index contributed by atoms with van der Waals surface area (Å²) in [7, 11) is 0. The number of benzene rings is 2. The zero-order valence-electron chi connectivity index (χ0n) is 15.9. The van der Waals surface area contributed by atoms with Crippen LogP contribution in [0.15, 0.2) is 54.6 Å².